The van der Waals surface area contributed by atoms with E-state index in [4.69, 9.17) is 10.5 Å². The Bertz CT molecular complexity index is 334. The molecule has 0 bridgehead atoms. The predicted molar refractivity (Wildman–Crippen MR) is 67.7 cm³/mol. The molecule has 0 aliphatic carbocycles. The Morgan fingerprint density at radius 1 is 1.50 bits per heavy atom. The average molecular weight is 220 g/mol. The standard InChI is InChI=1S/C13H20N2O/c1-2-15(10-13-7-4-8-16-13)12-6-3-5-11(14)9-12/h3,5-6,9,13H,2,4,7-8,10,14H2,1H3. The Kier molecular flexibility index (Phi) is 3.67. The fraction of sp³-hybridized carbons (Fsp3) is 0.538. The van der Waals surface area contributed by atoms with Crippen molar-refractivity contribution < 1.29 is 4.74 Å². The predicted octanol–water partition coefficient (Wildman–Crippen LogP) is 2.27. The van der Waals surface area contributed by atoms with Crippen molar-refractivity contribution >= 4 is 11.4 Å². The van der Waals surface area contributed by atoms with Gasteiger partial charge in [-0.2, -0.15) is 0 Å². The quantitative estimate of drug-likeness (QED) is 0.791. The summed E-state index contributed by atoms with van der Waals surface area (Å²) >= 11 is 0. The van der Waals surface area contributed by atoms with E-state index in [0.29, 0.717) is 6.10 Å². The van der Waals surface area contributed by atoms with Crippen molar-refractivity contribution in [1.29, 1.82) is 0 Å². The van der Waals surface area contributed by atoms with Crippen LogP contribution in [0.4, 0.5) is 11.4 Å². The van der Waals surface area contributed by atoms with Crippen LogP contribution in [0.2, 0.25) is 0 Å². The van der Waals surface area contributed by atoms with Gasteiger partial charge in [-0.05, 0) is 38.0 Å². The average Bonchev–Trinajstić information content (AvgIpc) is 2.78. The van der Waals surface area contributed by atoms with Gasteiger partial charge in [0.15, 0.2) is 0 Å². The zero-order valence-corrected chi connectivity index (χ0v) is 9.86. The van der Waals surface area contributed by atoms with E-state index in [1.165, 1.54) is 18.5 Å². The molecule has 16 heavy (non-hydrogen) atoms. The molecule has 1 aliphatic heterocycles. The van der Waals surface area contributed by atoms with Gasteiger partial charge in [-0.25, -0.2) is 0 Å². The van der Waals surface area contributed by atoms with Crippen molar-refractivity contribution in [2.24, 2.45) is 0 Å². The lowest BCUT2D eigenvalue weighted by Gasteiger charge is -2.26. The van der Waals surface area contributed by atoms with E-state index in [1.54, 1.807) is 0 Å². The number of rotatable bonds is 4. The molecular formula is C13H20N2O. The fourth-order valence-electron chi connectivity index (χ4n) is 2.17. The molecule has 1 aliphatic rings. The van der Waals surface area contributed by atoms with E-state index >= 15 is 0 Å². The van der Waals surface area contributed by atoms with Gasteiger partial charge in [0, 0.05) is 31.1 Å². The van der Waals surface area contributed by atoms with Crippen LogP contribution in [-0.2, 0) is 4.74 Å². The fourth-order valence-corrected chi connectivity index (χ4v) is 2.17. The number of hydrogen-bond donors (Lipinski definition) is 1. The molecule has 1 saturated heterocycles. The molecule has 0 radical (unpaired) electrons. The number of hydrogen-bond acceptors (Lipinski definition) is 3. The lowest BCUT2D eigenvalue weighted by Crippen LogP contribution is -2.31. The van der Waals surface area contributed by atoms with Crippen LogP contribution in [-0.4, -0.2) is 25.8 Å². The molecule has 1 aromatic carbocycles. The summed E-state index contributed by atoms with van der Waals surface area (Å²) in [6.45, 7) is 5.04. The monoisotopic (exact) mass is 220 g/mol. The molecular weight excluding hydrogens is 200 g/mol. The van der Waals surface area contributed by atoms with E-state index in [-0.39, 0.29) is 0 Å². The normalized spacial score (nSPS) is 19.9. The van der Waals surface area contributed by atoms with Gasteiger partial charge in [0.2, 0.25) is 0 Å². The van der Waals surface area contributed by atoms with Gasteiger partial charge < -0.3 is 15.4 Å². The van der Waals surface area contributed by atoms with E-state index in [1.807, 2.05) is 18.2 Å². The summed E-state index contributed by atoms with van der Waals surface area (Å²) in [5, 5.41) is 0. The number of nitrogen functional groups attached to an aromatic ring is 1. The van der Waals surface area contributed by atoms with Crippen molar-refractivity contribution in [2.45, 2.75) is 25.9 Å². The molecule has 1 atom stereocenters. The molecule has 3 heteroatoms. The molecule has 2 rings (SSSR count). The first-order valence-corrected chi connectivity index (χ1v) is 6.01. The molecule has 0 spiro atoms. The largest absolute Gasteiger partial charge is 0.399 e. The van der Waals surface area contributed by atoms with Crippen molar-refractivity contribution in [3.8, 4) is 0 Å². The Morgan fingerprint density at radius 3 is 3.00 bits per heavy atom. The van der Waals surface area contributed by atoms with Gasteiger partial charge in [-0.15, -0.1) is 0 Å². The molecule has 0 aromatic heterocycles. The number of ether oxygens (including phenoxy) is 1. The van der Waals surface area contributed by atoms with Gasteiger partial charge in [0.1, 0.15) is 0 Å². The van der Waals surface area contributed by atoms with Crippen LogP contribution in [0.15, 0.2) is 24.3 Å². The van der Waals surface area contributed by atoms with Crippen molar-refractivity contribution in [3.05, 3.63) is 24.3 Å². The molecule has 0 amide bonds. The molecule has 88 valence electrons. The van der Waals surface area contributed by atoms with Crippen LogP contribution in [0.1, 0.15) is 19.8 Å². The van der Waals surface area contributed by atoms with Crippen molar-refractivity contribution in [1.82, 2.24) is 0 Å². The van der Waals surface area contributed by atoms with Crippen LogP contribution in [0, 0.1) is 0 Å². The first-order chi connectivity index (χ1) is 7.79. The highest BCUT2D eigenvalue weighted by atomic mass is 16.5. The first kappa shape index (κ1) is 11.3. The van der Waals surface area contributed by atoms with E-state index in [2.05, 4.69) is 17.9 Å². The SMILES string of the molecule is CCN(CC1CCCO1)c1cccc(N)c1. The summed E-state index contributed by atoms with van der Waals surface area (Å²) in [5.41, 5.74) is 7.82. The number of nitrogens with zero attached hydrogens (tertiary/aromatic N) is 1. The van der Waals surface area contributed by atoms with Gasteiger partial charge >= 0.3 is 0 Å². The number of likely N-dealkylation sites (N-methyl/N-ethyl adjacent to an activating group) is 1. The summed E-state index contributed by atoms with van der Waals surface area (Å²) in [6, 6.07) is 8.06. The third-order valence-corrected chi connectivity index (χ3v) is 3.07. The van der Waals surface area contributed by atoms with Gasteiger partial charge in [-0.3, -0.25) is 0 Å². The Balaban J connectivity index is 2.03. The molecule has 1 unspecified atom stereocenters. The summed E-state index contributed by atoms with van der Waals surface area (Å²) in [4.78, 5) is 2.33. The van der Waals surface area contributed by atoms with Crippen LogP contribution < -0.4 is 10.6 Å². The number of benzene rings is 1. The molecule has 1 heterocycles. The molecule has 0 saturated carbocycles. The third kappa shape index (κ3) is 2.67. The highest BCUT2D eigenvalue weighted by Crippen LogP contribution is 2.20. The second-order valence-electron chi connectivity index (χ2n) is 4.27. The first-order valence-electron chi connectivity index (χ1n) is 6.01. The van der Waals surface area contributed by atoms with Crippen molar-refractivity contribution in [2.75, 3.05) is 30.3 Å². The van der Waals surface area contributed by atoms with E-state index in [9.17, 15) is 0 Å². The maximum atomic E-state index is 5.80. The van der Waals surface area contributed by atoms with Gasteiger partial charge in [-0.1, -0.05) is 6.07 Å². The van der Waals surface area contributed by atoms with Crippen LogP contribution >= 0.6 is 0 Å². The maximum Gasteiger partial charge on any atom is 0.0750 e. The van der Waals surface area contributed by atoms with E-state index < -0.39 is 0 Å². The van der Waals surface area contributed by atoms with Gasteiger partial charge in [0.25, 0.3) is 0 Å². The Labute approximate surface area is 97.2 Å². The van der Waals surface area contributed by atoms with E-state index in [0.717, 1.165) is 25.4 Å². The highest BCUT2D eigenvalue weighted by Gasteiger charge is 2.18. The second-order valence-corrected chi connectivity index (χ2v) is 4.27. The number of anilines is 2. The molecule has 2 N–H and O–H groups in total. The molecule has 1 fully saturated rings. The smallest absolute Gasteiger partial charge is 0.0750 e. The lowest BCUT2D eigenvalue weighted by atomic mass is 10.2. The van der Waals surface area contributed by atoms with Crippen molar-refractivity contribution in [3.63, 3.8) is 0 Å². The minimum Gasteiger partial charge on any atom is -0.399 e. The summed E-state index contributed by atoms with van der Waals surface area (Å²) in [5.74, 6) is 0. The third-order valence-electron chi connectivity index (χ3n) is 3.07. The minimum absolute atomic E-state index is 0.390. The summed E-state index contributed by atoms with van der Waals surface area (Å²) in [6.07, 6.45) is 2.76. The minimum atomic E-state index is 0.390. The Morgan fingerprint density at radius 2 is 2.38 bits per heavy atom. The summed E-state index contributed by atoms with van der Waals surface area (Å²) in [7, 11) is 0. The second kappa shape index (κ2) is 5.21. The number of nitrogens with two attached hydrogens (primary N) is 1. The topological polar surface area (TPSA) is 38.5 Å². The highest BCUT2D eigenvalue weighted by molar-refractivity contribution is 5.55. The summed E-state index contributed by atoms with van der Waals surface area (Å²) < 4.78 is 5.66. The zero-order valence-electron chi connectivity index (χ0n) is 9.86. The molecule has 3 nitrogen and oxygen atoms in total. The van der Waals surface area contributed by atoms with Gasteiger partial charge in [0.05, 0.1) is 6.10 Å². The van der Waals surface area contributed by atoms with Crippen LogP contribution in [0.25, 0.3) is 0 Å². The zero-order chi connectivity index (χ0) is 11.4. The Hall–Kier alpha value is -1.22. The molecule has 1 aromatic rings. The van der Waals surface area contributed by atoms with Crippen LogP contribution in [0.5, 0.6) is 0 Å². The maximum absolute atomic E-state index is 5.80. The van der Waals surface area contributed by atoms with Crippen LogP contribution in [0.3, 0.4) is 0 Å². The lowest BCUT2D eigenvalue weighted by molar-refractivity contribution is 0.115.